The molecule has 0 aromatic heterocycles. The third kappa shape index (κ3) is 5.64. The van der Waals surface area contributed by atoms with E-state index in [1.54, 1.807) is 0 Å². The van der Waals surface area contributed by atoms with E-state index >= 15 is 0 Å². The van der Waals surface area contributed by atoms with E-state index in [9.17, 15) is 4.79 Å². The second kappa shape index (κ2) is 10.1. The minimum Gasteiger partial charge on any atom is -0.455 e. The normalized spacial score (nSPS) is 13.4. The molecule has 31 heavy (non-hydrogen) atoms. The summed E-state index contributed by atoms with van der Waals surface area (Å²) in [6.45, 7) is 3.25. The smallest absolute Gasteiger partial charge is 0.238 e. The Balaban J connectivity index is 1.38. The van der Waals surface area contributed by atoms with Gasteiger partial charge in [-0.2, -0.15) is 0 Å². The highest BCUT2D eigenvalue weighted by molar-refractivity contribution is 5.93. The number of hydrogen-bond donors (Lipinski definition) is 1. The zero-order valence-corrected chi connectivity index (χ0v) is 18.0. The molecular weight excluding hydrogens is 386 g/mol. The number of ether oxygens (including phenoxy) is 1. The Labute approximate surface area is 184 Å². The van der Waals surface area contributed by atoms with Gasteiger partial charge in [0.2, 0.25) is 5.91 Å². The molecule has 1 aliphatic rings. The van der Waals surface area contributed by atoms with Gasteiger partial charge in [0.25, 0.3) is 0 Å². The minimum atomic E-state index is -0.0646. The molecule has 3 aromatic carbocycles. The Morgan fingerprint density at radius 3 is 2.42 bits per heavy atom. The molecule has 1 heterocycles. The monoisotopic (exact) mass is 415 g/mol. The van der Waals surface area contributed by atoms with Crippen LogP contribution in [0.25, 0.3) is 0 Å². The van der Waals surface area contributed by atoms with Crippen LogP contribution in [0.4, 0.5) is 11.4 Å². The van der Waals surface area contributed by atoms with Crippen molar-refractivity contribution in [3.63, 3.8) is 0 Å². The van der Waals surface area contributed by atoms with Crippen LogP contribution in [0.15, 0.2) is 78.9 Å². The van der Waals surface area contributed by atoms with E-state index < -0.39 is 0 Å². The van der Waals surface area contributed by atoms with Crippen molar-refractivity contribution in [2.45, 2.75) is 19.4 Å². The molecule has 0 spiro atoms. The van der Waals surface area contributed by atoms with Crippen molar-refractivity contribution in [1.82, 2.24) is 4.90 Å². The first-order valence-electron chi connectivity index (χ1n) is 10.8. The second-order valence-corrected chi connectivity index (χ2v) is 7.95. The van der Waals surface area contributed by atoms with Gasteiger partial charge in [-0.1, -0.05) is 48.5 Å². The molecule has 0 bridgehead atoms. The fourth-order valence-electron chi connectivity index (χ4n) is 3.97. The number of rotatable bonds is 8. The molecule has 0 saturated carbocycles. The quantitative estimate of drug-likeness (QED) is 0.553. The molecule has 1 aliphatic heterocycles. The van der Waals surface area contributed by atoms with Gasteiger partial charge in [-0.05, 0) is 55.8 Å². The van der Waals surface area contributed by atoms with E-state index in [4.69, 9.17) is 4.74 Å². The van der Waals surface area contributed by atoms with Crippen LogP contribution in [0.2, 0.25) is 0 Å². The van der Waals surface area contributed by atoms with Crippen LogP contribution in [0.1, 0.15) is 18.4 Å². The minimum absolute atomic E-state index is 0.0646. The number of nitrogens with zero attached hydrogens (tertiary/aromatic N) is 2. The first kappa shape index (κ1) is 20.9. The molecule has 3 aromatic rings. The molecule has 1 saturated heterocycles. The molecule has 1 fully saturated rings. The zero-order valence-electron chi connectivity index (χ0n) is 18.0. The molecule has 4 rings (SSSR count). The highest BCUT2D eigenvalue weighted by atomic mass is 16.5. The summed E-state index contributed by atoms with van der Waals surface area (Å²) in [5, 5.41) is 3.00. The summed E-state index contributed by atoms with van der Waals surface area (Å²) in [7, 11) is 1.98. The summed E-state index contributed by atoms with van der Waals surface area (Å²) < 4.78 is 5.95. The van der Waals surface area contributed by atoms with E-state index in [1.165, 1.54) is 24.1 Å². The molecule has 160 valence electrons. The van der Waals surface area contributed by atoms with Crippen molar-refractivity contribution >= 4 is 17.3 Å². The van der Waals surface area contributed by atoms with E-state index in [1.807, 2.05) is 66.5 Å². The maximum absolute atomic E-state index is 12.7. The largest absolute Gasteiger partial charge is 0.455 e. The van der Waals surface area contributed by atoms with E-state index in [-0.39, 0.29) is 5.91 Å². The number of carbonyl (C=O) groups is 1. The summed E-state index contributed by atoms with van der Waals surface area (Å²) in [6, 6.07) is 25.6. The number of para-hydroxylation sites is 4. The Hall–Kier alpha value is -3.31. The summed E-state index contributed by atoms with van der Waals surface area (Å²) >= 11 is 0. The summed E-state index contributed by atoms with van der Waals surface area (Å²) in [5.41, 5.74) is 3.21. The number of nitrogens with one attached hydrogen (secondary N) is 1. The third-order valence-electron chi connectivity index (χ3n) is 5.42. The first-order chi connectivity index (χ1) is 15.2. The van der Waals surface area contributed by atoms with Crippen LogP contribution in [0.3, 0.4) is 0 Å². The molecule has 5 heteroatoms. The van der Waals surface area contributed by atoms with Gasteiger partial charge in [-0.3, -0.25) is 9.69 Å². The van der Waals surface area contributed by atoms with Crippen molar-refractivity contribution in [2.24, 2.45) is 0 Å². The fourth-order valence-corrected chi connectivity index (χ4v) is 3.97. The van der Waals surface area contributed by atoms with Crippen molar-refractivity contribution in [2.75, 3.05) is 36.9 Å². The van der Waals surface area contributed by atoms with Crippen LogP contribution in [0, 0.1) is 0 Å². The summed E-state index contributed by atoms with van der Waals surface area (Å²) in [5.74, 6) is 1.30. The van der Waals surface area contributed by atoms with E-state index in [0.717, 1.165) is 25.4 Å². The highest BCUT2D eigenvalue weighted by Crippen LogP contribution is 2.29. The Kier molecular flexibility index (Phi) is 6.85. The number of hydrogen-bond acceptors (Lipinski definition) is 4. The average molecular weight is 416 g/mol. The topological polar surface area (TPSA) is 44.8 Å². The van der Waals surface area contributed by atoms with Gasteiger partial charge < -0.3 is 15.0 Å². The van der Waals surface area contributed by atoms with Crippen molar-refractivity contribution in [1.29, 1.82) is 0 Å². The maximum Gasteiger partial charge on any atom is 0.238 e. The molecule has 0 radical (unpaired) electrons. The number of anilines is 2. The van der Waals surface area contributed by atoms with Crippen LogP contribution < -0.4 is 15.0 Å². The predicted molar refractivity (Wildman–Crippen MR) is 126 cm³/mol. The molecule has 0 aliphatic carbocycles. The molecular formula is C26H29N3O2. The van der Waals surface area contributed by atoms with E-state index in [0.29, 0.717) is 18.0 Å². The van der Waals surface area contributed by atoms with Gasteiger partial charge in [0, 0.05) is 25.3 Å². The highest BCUT2D eigenvalue weighted by Gasteiger charge is 2.17. The van der Waals surface area contributed by atoms with Gasteiger partial charge in [0.05, 0.1) is 12.2 Å². The Morgan fingerprint density at radius 2 is 1.61 bits per heavy atom. The Bertz CT molecular complexity index is 1000. The van der Waals surface area contributed by atoms with Crippen molar-refractivity contribution in [3.05, 3.63) is 84.4 Å². The number of amides is 1. The van der Waals surface area contributed by atoms with Crippen molar-refractivity contribution in [3.8, 4) is 11.5 Å². The van der Waals surface area contributed by atoms with Crippen LogP contribution >= 0.6 is 0 Å². The lowest BCUT2D eigenvalue weighted by molar-refractivity contribution is -0.117. The average Bonchev–Trinajstić information content (AvgIpc) is 3.31. The second-order valence-electron chi connectivity index (χ2n) is 7.95. The molecule has 5 nitrogen and oxygen atoms in total. The number of carbonyl (C=O) groups excluding carboxylic acids is 1. The van der Waals surface area contributed by atoms with Crippen LogP contribution in [-0.4, -0.2) is 37.5 Å². The van der Waals surface area contributed by atoms with Crippen LogP contribution in [0.5, 0.6) is 11.5 Å². The lowest BCUT2D eigenvalue weighted by Gasteiger charge is -2.24. The third-order valence-corrected chi connectivity index (χ3v) is 5.42. The SMILES string of the molecule is CN(CC(=O)Nc1ccccc1Oc1ccccc1)Cc1ccccc1N1CCCC1. The molecule has 1 amide bonds. The van der Waals surface area contributed by atoms with Gasteiger partial charge in [-0.25, -0.2) is 0 Å². The van der Waals surface area contributed by atoms with Gasteiger partial charge in [0.1, 0.15) is 5.75 Å². The Morgan fingerprint density at radius 1 is 0.935 bits per heavy atom. The molecule has 0 unspecified atom stereocenters. The van der Waals surface area contributed by atoms with Crippen LogP contribution in [-0.2, 0) is 11.3 Å². The number of likely N-dealkylation sites (N-methyl/N-ethyl adjacent to an activating group) is 1. The number of benzene rings is 3. The zero-order chi connectivity index (χ0) is 21.5. The molecule has 0 atom stereocenters. The lowest BCUT2D eigenvalue weighted by atomic mass is 10.1. The predicted octanol–water partition coefficient (Wildman–Crippen LogP) is 5.15. The van der Waals surface area contributed by atoms with Gasteiger partial charge >= 0.3 is 0 Å². The standard InChI is InChI=1S/C26H29N3O2/c1-28(19-21-11-5-7-15-24(21)29-17-9-10-18-29)20-26(30)27-23-14-6-8-16-25(23)31-22-12-3-2-4-13-22/h2-8,11-16H,9-10,17-20H2,1H3,(H,27,30). The van der Waals surface area contributed by atoms with Gasteiger partial charge in [-0.15, -0.1) is 0 Å². The lowest BCUT2D eigenvalue weighted by Crippen LogP contribution is -2.30. The summed E-state index contributed by atoms with van der Waals surface area (Å²) in [4.78, 5) is 17.2. The molecule has 1 N–H and O–H groups in total. The maximum atomic E-state index is 12.7. The van der Waals surface area contributed by atoms with Gasteiger partial charge in [0.15, 0.2) is 5.75 Å². The fraction of sp³-hybridized carbons (Fsp3) is 0.269. The van der Waals surface area contributed by atoms with E-state index in [2.05, 4.69) is 34.5 Å². The summed E-state index contributed by atoms with van der Waals surface area (Å²) in [6.07, 6.45) is 2.49. The first-order valence-corrected chi connectivity index (χ1v) is 10.8. The van der Waals surface area contributed by atoms with Crippen molar-refractivity contribution < 1.29 is 9.53 Å².